The van der Waals surface area contributed by atoms with Crippen LogP contribution in [0.1, 0.15) is 11.1 Å². The van der Waals surface area contributed by atoms with Crippen LogP contribution >= 0.6 is 39.5 Å². The fourth-order valence-corrected chi connectivity index (χ4v) is 4.60. The number of hydrogen-bond acceptors (Lipinski definition) is 6. The van der Waals surface area contributed by atoms with Crippen molar-refractivity contribution in [2.75, 3.05) is 6.79 Å². The SMILES string of the molecule is O=C1SC(SCc2ccccc2)=NC1=Cc1cc2c(cc1Br)OCO2. The molecule has 4 nitrogen and oxygen atoms in total. The van der Waals surface area contributed by atoms with Gasteiger partial charge in [0.1, 0.15) is 10.1 Å². The van der Waals surface area contributed by atoms with Gasteiger partial charge in [-0.2, -0.15) is 0 Å². The second kappa shape index (κ2) is 7.27. The van der Waals surface area contributed by atoms with Crippen LogP contribution in [-0.2, 0) is 10.5 Å². The summed E-state index contributed by atoms with van der Waals surface area (Å²) in [5.41, 5.74) is 2.49. The molecule has 126 valence electrons. The van der Waals surface area contributed by atoms with Crippen molar-refractivity contribution in [3.8, 4) is 11.5 Å². The third-order valence-electron chi connectivity index (χ3n) is 3.59. The molecule has 0 amide bonds. The van der Waals surface area contributed by atoms with Crippen LogP contribution in [0.15, 0.2) is 57.6 Å². The van der Waals surface area contributed by atoms with Gasteiger partial charge in [0.25, 0.3) is 0 Å². The number of thioether (sulfide) groups is 2. The Bertz CT molecular complexity index is 897. The van der Waals surface area contributed by atoms with Crippen molar-refractivity contribution in [3.05, 3.63) is 63.8 Å². The summed E-state index contributed by atoms with van der Waals surface area (Å²) >= 11 is 6.25. The first-order chi connectivity index (χ1) is 12.2. The smallest absolute Gasteiger partial charge is 0.244 e. The van der Waals surface area contributed by atoms with Crippen molar-refractivity contribution >= 4 is 55.0 Å². The first-order valence-corrected chi connectivity index (χ1v) is 10.1. The van der Waals surface area contributed by atoms with Gasteiger partial charge < -0.3 is 9.47 Å². The number of ether oxygens (including phenoxy) is 2. The molecule has 0 spiro atoms. The zero-order valence-electron chi connectivity index (χ0n) is 12.9. The van der Waals surface area contributed by atoms with E-state index in [1.807, 2.05) is 30.3 Å². The molecule has 0 fully saturated rings. The first kappa shape index (κ1) is 16.8. The minimum atomic E-state index is -0.0415. The number of rotatable bonds is 3. The maximum absolute atomic E-state index is 12.2. The Morgan fingerprint density at radius 3 is 2.76 bits per heavy atom. The number of benzene rings is 2. The van der Waals surface area contributed by atoms with E-state index in [-0.39, 0.29) is 11.9 Å². The molecule has 2 aliphatic rings. The molecule has 0 radical (unpaired) electrons. The monoisotopic (exact) mass is 433 g/mol. The van der Waals surface area contributed by atoms with Crippen LogP contribution in [0.25, 0.3) is 6.08 Å². The van der Waals surface area contributed by atoms with Gasteiger partial charge in [0, 0.05) is 10.2 Å². The van der Waals surface area contributed by atoms with E-state index in [0.29, 0.717) is 17.2 Å². The summed E-state index contributed by atoms with van der Waals surface area (Å²) in [5, 5.41) is -0.0415. The van der Waals surface area contributed by atoms with Gasteiger partial charge in [-0.1, -0.05) is 58.0 Å². The minimum absolute atomic E-state index is 0.0415. The van der Waals surface area contributed by atoms with Gasteiger partial charge >= 0.3 is 0 Å². The van der Waals surface area contributed by atoms with Gasteiger partial charge in [0.2, 0.25) is 11.9 Å². The fourth-order valence-electron chi connectivity index (χ4n) is 2.36. The number of nitrogens with zero attached hydrogens (tertiary/aromatic N) is 1. The number of carbonyl (C=O) groups is 1. The molecule has 2 aromatic rings. The van der Waals surface area contributed by atoms with Crippen LogP contribution in [0.5, 0.6) is 11.5 Å². The van der Waals surface area contributed by atoms with Gasteiger partial charge in [-0.3, -0.25) is 4.79 Å². The highest BCUT2D eigenvalue weighted by Gasteiger charge is 2.23. The molecule has 0 unspecified atom stereocenters. The molecule has 0 saturated carbocycles. The molecule has 0 aliphatic carbocycles. The largest absolute Gasteiger partial charge is 0.454 e. The predicted octanol–water partition coefficient (Wildman–Crippen LogP) is 5.08. The number of carbonyl (C=O) groups excluding carboxylic acids is 1. The van der Waals surface area contributed by atoms with Crippen molar-refractivity contribution in [1.82, 2.24) is 0 Å². The molecule has 0 aromatic heterocycles. The summed E-state index contributed by atoms with van der Waals surface area (Å²) in [4.78, 5) is 16.7. The summed E-state index contributed by atoms with van der Waals surface area (Å²) in [6.45, 7) is 0.217. The van der Waals surface area contributed by atoms with E-state index >= 15 is 0 Å². The third kappa shape index (κ3) is 3.78. The first-order valence-electron chi connectivity index (χ1n) is 7.47. The van der Waals surface area contributed by atoms with Crippen LogP contribution in [0.4, 0.5) is 0 Å². The Balaban J connectivity index is 1.53. The third-order valence-corrected chi connectivity index (χ3v) is 6.36. The zero-order chi connectivity index (χ0) is 17.2. The summed E-state index contributed by atoms with van der Waals surface area (Å²) < 4.78 is 12.3. The Morgan fingerprint density at radius 2 is 1.96 bits per heavy atom. The molecular formula is C18H12BrNO3S2. The van der Waals surface area contributed by atoms with E-state index in [4.69, 9.17) is 9.47 Å². The quantitative estimate of drug-likeness (QED) is 0.631. The molecule has 2 heterocycles. The minimum Gasteiger partial charge on any atom is -0.454 e. The van der Waals surface area contributed by atoms with Crippen LogP contribution < -0.4 is 9.47 Å². The van der Waals surface area contributed by atoms with Crippen molar-refractivity contribution in [3.63, 3.8) is 0 Å². The Labute approximate surface area is 161 Å². The van der Waals surface area contributed by atoms with Gasteiger partial charge in [-0.15, -0.1) is 0 Å². The van der Waals surface area contributed by atoms with Crippen molar-refractivity contribution in [1.29, 1.82) is 0 Å². The van der Waals surface area contributed by atoms with Gasteiger partial charge in [0.15, 0.2) is 11.5 Å². The summed E-state index contributed by atoms with van der Waals surface area (Å²) in [5.74, 6) is 2.17. The molecular weight excluding hydrogens is 422 g/mol. The topological polar surface area (TPSA) is 47.9 Å². The number of hydrogen-bond donors (Lipinski definition) is 0. The summed E-state index contributed by atoms with van der Waals surface area (Å²) in [6, 6.07) is 13.8. The second-order valence-electron chi connectivity index (χ2n) is 5.30. The Hall–Kier alpha value is -1.70. The van der Waals surface area contributed by atoms with E-state index in [1.54, 1.807) is 17.8 Å². The van der Waals surface area contributed by atoms with E-state index in [9.17, 15) is 4.79 Å². The maximum atomic E-state index is 12.2. The van der Waals surface area contributed by atoms with Crippen molar-refractivity contribution < 1.29 is 14.3 Å². The van der Waals surface area contributed by atoms with E-state index in [1.165, 1.54) is 17.3 Å². The van der Waals surface area contributed by atoms with Crippen molar-refractivity contribution in [2.45, 2.75) is 5.75 Å². The van der Waals surface area contributed by atoms with Gasteiger partial charge in [-0.25, -0.2) is 4.99 Å². The standard InChI is InChI=1S/C18H12BrNO3S2/c19-13-8-16-15(22-10-23-16)7-12(13)6-14-17(21)25-18(20-14)24-9-11-4-2-1-3-5-11/h1-8H,9-10H2. The molecule has 25 heavy (non-hydrogen) atoms. The lowest BCUT2D eigenvalue weighted by atomic mass is 10.1. The molecule has 0 N–H and O–H groups in total. The summed E-state index contributed by atoms with van der Waals surface area (Å²) in [6.07, 6.45) is 1.78. The molecule has 0 atom stereocenters. The lowest BCUT2D eigenvalue weighted by Gasteiger charge is -2.02. The molecule has 2 aromatic carbocycles. The van der Waals surface area contributed by atoms with E-state index in [0.717, 1.165) is 20.2 Å². The molecule has 0 bridgehead atoms. The Kier molecular flexibility index (Phi) is 4.87. The highest BCUT2D eigenvalue weighted by molar-refractivity contribution is 9.10. The van der Waals surface area contributed by atoms with E-state index in [2.05, 4.69) is 33.1 Å². The average molecular weight is 434 g/mol. The highest BCUT2D eigenvalue weighted by Crippen LogP contribution is 2.39. The van der Waals surface area contributed by atoms with Crippen LogP contribution in [0.2, 0.25) is 0 Å². The molecule has 4 rings (SSSR count). The van der Waals surface area contributed by atoms with Gasteiger partial charge in [0.05, 0.1) is 0 Å². The lowest BCUT2D eigenvalue weighted by molar-refractivity contribution is -0.107. The predicted molar refractivity (Wildman–Crippen MR) is 106 cm³/mol. The molecule has 0 saturated heterocycles. The molecule has 7 heteroatoms. The second-order valence-corrected chi connectivity index (χ2v) is 8.34. The number of aliphatic imine (C=N–C) groups is 1. The maximum Gasteiger partial charge on any atom is 0.244 e. The average Bonchev–Trinajstić information content (AvgIpc) is 3.20. The number of fused-ring (bicyclic) bond motifs is 1. The number of halogens is 1. The van der Waals surface area contributed by atoms with Crippen LogP contribution in [0, 0.1) is 0 Å². The van der Waals surface area contributed by atoms with Gasteiger partial charge in [-0.05, 0) is 41.1 Å². The highest BCUT2D eigenvalue weighted by atomic mass is 79.9. The zero-order valence-corrected chi connectivity index (χ0v) is 16.1. The normalized spacial score (nSPS) is 17.2. The fraction of sp³-hybridized carbons (Fsp3) is 0.111. The van der Waals surface area contributed by atoms with Crippen molar-refractivity contribution in [2.24, 2.45) is 4.99 Å². The van der Waals surface area contributed by atoms with Crippen LogP contribution in [0.3, 0.4) is 0 Å². The van der Waals surface area contributed by atoms with Crippen LogP contribution in [-0.4, -0.2) is 16.3 Å². The lowest BCUT2D eigenvalue weighted by Crippen LogP contribution is -1.92. The summed E-state index contributed by atoms with van der Waals surface area (Å²) in [7, 11) is 0. The van der Waals surface area contributed by atoms with E-state index < -0.39 is 0 Å². The molecule has 2 aliphatic heterocycles. The Morgan fingerprint density at radius 1 is 1.20 bits per heavy atom.